The van der Waals surface area contributed by atoms with Gasteiger partial charge in [0.25, 0.3) is 0 Å². The first kappa shape index (κ1) is 16.9. The van der Waals surface area contributed by atoms with E-state index in [1.54, 1.807) is 0 Å². The van der Waals surface area contributed by atoms with Crippen LogP contribution in [0.4, 0.5) is 0 Å². The van der Waals surface area contributed by atoms with Gasteiger partial charge in [-0.2, -0.15) is 0 Å². The molecule has 0 radical (unpaired) electrons. The highest BCUT2D eigenvalue weighted by atomic mass is 16.4. The molecule has 1 fully saturated rings. The maximum Gasteiger partial charge on any atom is 0.303 e. The SMILES string of the molecule is O=C(O)CCCNC(=O)CCCNC(=O)C1CCC(=O)N1. The summed E-state index contributed by atoms with van der Waals surface area (Å²) in [6.45, 7) is 0.708. The van der Waals surface area contributed by atoms with Gasteiger partial charge < -0.3 is 21.1 Å². The summed E-state index contributed by atoms with van der Waals surface area (Å²) < 4.78 is 0. The Bertz CT molecular complexity index is 411. The van der Waals surface area contributed by atoms with Crippen LogP contribution in [-0.2, 0) is 19.2 Å². The van der Waals surface area contributed by atoms with Crippen molar-refractivity contribution in [1.82, 2.24) is 16.0 Å². The van der Waals surface area contributed by atoms with E-state index in [-0.39, 0.29) is 30.6 Å². The number of nitrogens with one attached hydrogen (secondary N) is 3. The molecule has 0 aromatic rings. The molecule has 8 nitrogen and oxygen atoms in total. The zero-order valence-electron chi connectivity index (χ0n) is 11.8. The zero-order valence-corrected chi connectivity index (χ0v) is 11.8. The van der Waals surface area contributed by atoms with E-state index >= 15 is 0 Å². The summed E-state index contributed by atoms with van der Waals surface area (Å²) in [5.41, 5.74) is 0. The summed E-state index contributed by atoms with van der Waals surface area (Å²) in [4.78, 5) is 44.3. The van der Waals surface area contributed by atoms with E-state index in [1.165, 1.54) is 0 Å². The summed E-state index contributed by atoms with van der Waals surface area (Å²) in [6, 6.07) is -0.456. The van der Waals surface area contributed by atoms with Crippen LogP contribution in [0.2, 0.25) is 0 Å². The Labute approximate surface area is 122 Å². The summed E-state index contributed by atoms with van der Waals surface area (Å²) >= 11 is 0. The van der Waals surface area contributed by atoms with Crippen molar-refractivity contribution in [3.63, 3.8) is 0 Å². The lowest BCUT2D eigenvalue weighted by molar-refractivity contribution is -0.137. The van der Waals surface area contributed by atoms with E-state index in [1.807, 2.05) is 0 Å². The average molecular weight is 299 g/mol. The number of carboxylic acids is 1. The van der Waals surface area contributed by atoms with Crippen molar-refractivity contribution >= 4 is 23.7 Å². The maximum absolute atomic E-state index is 11.6. The van der Waals surface area contributed by atoms with Crippen molar-refractivity contribution < 1.29 is 24.3 Å². The number of carboxylic acid groups (broad SMARTS) is 1. The van der Waals surface area contributed by atoms with Crippen LogP contribution in [-0.4, -0.2) is 47.9 Å². The van der Waals surface area contributed by atoms with E-state index in [0.717, 1.165) is 0 Å². The molecule has 118 valence electrons. The van der Waals surface area contributed by atoms with Crippen molar-refractivity contribution in [2.75, 3.05) is 13.1 Å². The zero-order chi connectivity index (χ0) is 15.7. The molecule has 0 aromatic carbocycles. The molecule has 1 aliphatic rings. The number of hydrogen-bond donors (Lipinski definition) is 4. The van der Waals surface area contributed by atoms with Crippen molar-refractivity contribution in [3.8, 4) is 0 Å². The van der Waals surface area contributed by atoms with Gasteiger partial charge in [-0.1, -0.05) is 0 Å². The second-order valence-corrected chi connectivity index (χ2v) is 4.90. The lowest BCUT2D eigenvalue weighted by Crippen LogP contribution is -2.42. The summed E-state index contributed by atoms with van der Waals surface area (Å²) in [5, 5.41) is 16.3. The van der Waals surface area contributed by atoms with Crippen LogP contribution in [0, 0.1) is 0 Å². The quantitative estimate of drug-likeness (QED) is 0.412. The fourth-order valence-electron chi connectivity index (χ4n) is 1.95. The normalized spacial score (nSPS) is 17.1. The smallest absolute Gasteiger partial charge is 0.303 e. The number of carbonyl (C=O) groups excluding carboxylic acids is 3. The van der Waals surface area contributed by atoms with Gasteiger partial charge in [0.2, 0.25) is 17.7 Å². The van der Waals surface area contributed by atoms with Gasteiger partial charge >= 0.3 is 5.97 Å². The average Bonchev–Trinajstić information content (AvgIpc) is 2.86. The minimum Gasteiger partial charge on any atom is -0.481 e. The first-order valence-corrected chi connectivity index (χ1v) is 7.04. The Kier molecular flexibility index (Phi) is 7.20. The standard InChI is InChI=1S/C13H21N3O5/c17-10(14-7-2-4-12(19)20)3-1-8-15-13(21)9-5-6-11(18)16-9/h9H,1-8H2,(H,14,17)(H,15,21)(H,16,18)(H,19,20). The van der Waals surface area contributed by atoms with Crippen LogP contribution in [0.3, 0.4) is 0 Å². The Morgan fingerprint density at radius 2 is 1.81 bits per heavy atom. The number of amides is 3. The fourth-order valence-corrected chi connectivity index (χ4v) is 1.95. The van der Waals surface area contributed by atoms with Crippen LogP contribution in [0.5, 0.6) is 0 Å². The van der Waals surface area contributed by atoms with Gasteiger partial charge in [0.05, 0.1) is 0 Å². The van der Waals surface area contributed by atoms with Crippen LogP contribution < -0.4 is 16.0 Å². The second-order valence-electron chi connectivity index (χ2n) is 4.90. The first-order chi connectivity index (χ1) is 9.99. The largest absolute Gasteiger partial charge is 0.481 e. The Balaban J connectivity index is 2.00. The molecule has 1 rings (SSSR count). The van der Waals surface area contributed by atoms with Gasteiger partial charge in [-0.3, -0.25) is 19.2 Å². The second kappa shape index (κ2) is 8.93. The van der Waals surface area contributed by atoms with Crippen molar-refractivity contribution in [2.45, 2.75) is 44.6 Å². The molecular formula is C13H21N3O5. The Hall–Kier alpha value is -2.12. The lowest BCUT2D eigenvalue weighted by Gasteiger charge is -2.10. The van der Waals surface area contributed by atoms with Gasteiger partial charge in [0.15, 0.2) is 0 Å². The molecule has 1 heterocycles. The molecule has 4 N–H and O–H groups in total. The third kappa shape index (κ3) is 7.28. The van der Waals surface area contributed by atoms with Gasteiger partial charge in [-0.05, 0) is 19.3 Å². The van der Waals surface area contributed by atoms with E-state index in [9.17, 15) is 19.2 Å². The van der Waals surface area contributed by atoms with E-state index < -0.39 is 12.0 Å². The van der Waals surface area contributed by atoms with Crippen molar-refractivity contribution in [1.29, 1.82) is 0 Å². The number of aliphatic carboxylic acids is 1. The summed E-state index contributed by atoms with van der Waals surface area (Å²) in [6.07, 6.45) is 2.08. The van der Waals surface area contributed by atoms with Crippen LogP contribution in [0.1, 0.15) is 38.5 Å². The Morgan fingerprint density at radius 3 is 2.43 bits per heavy atom. The maximum atomic E-state index is 11.6. The van der Waals surface area contributed by atoms with Gasteiger partial charge in [0.1, 0.15) is 6.04 Å². The molecule has 21 heavy (non-hydrogen) atoms. The minimum absolute atomic E-state index is 0.0312. The third-order valence-corrected chi connectivity index (χ3v) is 3.08. The molecule has 1 saturated heterocycles. The number of carbonyl (C=O) groups is 4. The van der Waals surface area contributed by atoms with Crippen molar-refractivity contribution in [2.24, 2.45) is 0 Å². The molecular weight excluding hydrogens is 278 g/mol. The van der Waals surface area contributed by atoms with Crippen LogP contribution >= 0.6 is 0 Å². The Morgan fingerprint density at radius 1 is 1.14 bits per heavy atom. The third-order valence-electron chi connectivity index (χ3n) is 3.08. The summed E-state index contributed by atoms with van der Waals surface area (Å²) in [5.74, 6) is -1.38. The van der Waals surface area contributed by atoms with Gasteiger partial charge in [0, 0.05) is 32.4 Å². The molecule has 0 aromatic heterocycles. The highest BCUT2D eigenvalue weighted by molar-refractivity contribution is 5.90. The number of rotatable bonds is 9. The highest BCUT2D eigenvalue weighted by Crippen LogP contribution is 2.06. The molecule has 0 spiro atoms. The van der Waals surface area contributed by atoms with E-state index in [2.05, 4.69) is 16.0 Å². The lowest BCUT2D eigenvalue weighted by atomic mass is 10.2. The fraction of sp³-hybridized carbons (Fsp3) is 0.692. The first-order valence-electron chi connectivity index (χ1n) is 7.04. The molecule has 1 unspecified atom stereocenters. The molecule has 3 amide bonds. The van der Waals surface area contributed by atoms with Crippen LogP contribution in [0.15, 0.2) is 0 Å². The molecule has 0 saturated carbocycles. The molecule has 1 aliphatic heterocycles. The van der Waals surface area contributed by atoms with Gasteiger partial charge in [-0.25, -0.2) is 0 Å². The molecule has 8 heteroatoms. The van der Waals surface area contributed by atoms with E-state index in [0.29, 0.717) is 38.8 Å². The highest BCUT2D eigenvalue weighted by Gasteiger charge is 2.26. The number of hydrogen-bond acceptors (Lipinski definition) is 4. The predicted octanol–water partition coefficient (Wildman–Crippen LogP) is -0.858. The topological polar surface area (TPSA) is 125 Å². The minimum atomic E-state index is -0.883. The van der Waals surface area contributed by atoms with Crippen molar-refractivity contribution in [3.05, 3.63) is 0 Å². The van der Waals surface area contributed by atoms with E-state index in [4.69, 9.17) is 5.11 Å². The molecule has 0 bridgehead atoms. The molecule has 1 atom stereocenters. The van der Waals surface area contributed by atoms with Crippen LogP contribution in [0.25, 0.3) is 0 Å². The summed E-state index contributed by atoms with van der Waals surface area (Å²) in [7, 11) is 0. The van der Waals surface area contributed by atoms with Gasteiger partial charge in [-0.15, -0.1) is 0 Å². The molecule has 0 aliphatic carbocycles. The predicted molar refractivity (Wildman–Crippen MR) is 73.3 cm³/mol. The monoisotopic (exact) mass is 299 g/mol.